The molecule has 0 atom stereocenters. The Morgan fingerprint density at radius 3 is 2.30 bits per heavy atom. The Bertz CT molecular complexity index is 350. The normalized spacial score (nSPS) is 14.8. The molecule has 4 nitrogen and oxygen atoms in total. The molecule has 0 N–H and O–H groups in total. The van der Waals surface area contributed by atoms with Crippen LogP contribution < -0.4 is 0 Å². The highest BCUT2D eigenvalue weighted by atomic mass is 16.5. The Kier molecular flexibility index (Phi) is 13.9. The van der Waals surface area contributed by atoms with Crippen LogP contribution in [0.15, 0.2) is 0 Å². The lowest BCUT2D eigenvalue weighted by atomic mass is 10.1. The van der Waals surface area contributed by atoms with Gasteiger partial charge in [-0.3, -0.25) is 9.69 Å². The zero-order chi connectivity index (χ0) is 17.5. The molecule has 0 aliphatic carbocycles. The lowest BCUT2D eigenvalue weighted by molar-refractivity contribution is -0.133. The van der Waals surface area contributed by atoms with E-state index >= 15 is 0 Å². The van der Waals surface area contributed by atoms with Crippen LogP contribution in [-0.4, -0.2) is 61.1 Å². The lowest BCUT2D eigenvalue weighted by Crippen LogP contribution is -2.48. The summed E-state index contributed by atoms with van der Waals surface area (Å²) in [5.41, 5.74) is 0. The number of hydrogen-bond donors (Lipinski definition) is 0. The van der Waals surface area contributed by atoms with E-state index in [-0.39, 0.29) is 0 Å². The zero-order valence-corrected chi connectivity index (χ0v) is 15.9. The largest absolute Gasteiger partial charge is 0.379 e. The van der Waals surface area contributed by atoms with Gasteiger partial charge in [0.15, 0.2) is 0 Å². The average molecular weight is 325 g/mol. The maximum absolute atomic E-state index is 12.1. The monoisotopic (exact) mass is 324 g/mol. The van der Waals surface area contributed by atoms with Gasteiger partial charge in [-0.1, -0.05) is 26.2 Å². The van der Waals surface area contributed by atoms with Crippen LogP contribution >= 0.6 is 0 Å². The number of amides is 1. The summed E-state index contributed by atoms with van der Waals surface area (Å²) in [6, 6.07) is 0. The fourth-order valence-corrected chi connectivity index (χ4v) is 2.38. The quantitative estimate of drug-likeness (QED) is 0.508. The summed E-state index contributed by atoms with van der Waals surface area (Å²) < 4.78 is 5.50. The van der Waals surface area contributed by atoms with Gasteiger partial charge < -0.3 is 9.64 Å². The topological polar surface area (TPSA) is 32.8 Å². The summed E-state index contributed by atoms with van der Waals surface area (Å²) >= 11 is 0. The van der Waals surface area contributed by atoms with Crippen LogP contribution in [0.5, 0.6) is 0 Å². The molecule has 0 radical (unpaired) electrons. The van der Waals surface area contributed by atoms with E-state index in [1.807, 2.05) is 25.7 Å². The molecule has 0 aromatic heterocycles. The Morgan fingerprint density at radius 2 is 1.74 bits per heavy atom. The van der Waals surface area contributed by atoms with Gasteiger partial charge in [0.1, 0.15) is 0 Å². The summed E-state index contributed by atoms with van der Waals surface area (Å²) in [5, 5.41) is 0. The molecule has 4 heteroatoms. The summed E-state index contributed by atoms with van der Waals surface area (Å²) in [6.07, 6.45) is 4.08. The molecule has 1 aliphatic rings. The molecule has 1 amide bonds. The van der Waals surface area contributed by atoms with Gasteiger partial charge in [0.05, 0.1) is 12.6 Å². The highest BCUT2D eigenvalue weighted by Gasteiger charge is 2.19. The maximum Gasteiger partial charge on any atom is 0.222 e. The Hall–Kier alpha value is -1.05. The third-order valence-electron chi connectivity index (χ3n) is 3.69. The number of rotatable bonds is 8. The molecular weight excluding hydrogens is 288 g/mol. The minimum Gasteiger partial charge on any atom is -0.379 e. The van der Waals surface area contributed by atoms with Crippen molar-refractivity contribution < 1.29 is 9.53 Å². The minimum absolute atomic E-state index is 0.306. The molecule has 0 aromatic rings. The van der Waals surface area contributed by atoms with Gasteiger partial charge in [0, 0.05) is 39.2 Å². The van der Waals surface area contributed by atoms with Gasteiger partial charge in [-0.25, -0.2) is 0 Å². The standard InChI is InChI=1S/C17H30N2O2.C2H6/c1-4-5-10-18-11-13-19(14-12-18)17(20)9-7-6-8-15-21-16(2)3;1-2/h16H,6-15H2,1-3H3;1-2H3. The average Bonchev–Trinajstić information content (AvgIpc) is 2.58. The van der Waals surface area contributed by atoms with Crippen LogP contribution in [-0.2, 0) is 9.53 Å². The van der Waals surface area contributed by atoms with E-state index in [9.17, 15) is 4.79 Å². The molecule has 0 aromatic carbocycles. The first-order valence-electron chi connectivity index (χ1n) is 9.15. The van der Waals surface area contributed by atoms with Crippen molar-refractivity contribution in [2.45, 2.75) is 66.4 Å². The third kappa shape index (κ3) is 11.2. The summed E-state index contributed by atoms with van der Waals surface area (Å²) in [4.78, 5) is 16.4. The van der Waals surface area contributed by atoms with Gasteiger partial charge in [-0.05, 0) is 33.6 Å². The van der Waals surface area contributed by atoms with Crippen molar-refractivity contribution in [3.63, 3.8) is 0 Å². The fourth-order valence-electron chi connectivity index (χ4n) is 2.38. The van der Waals surface area contributed by atoms with Crippen LogP contribution in [0.25, 0.3) is 0 Å². The fraction of sp³-hybridized carbons (Fsp3) is 0.842. The summed E-state index contributed by atoms with van der Waals surface area (Å²) in [5.74, 6) is 6.31. The lowest BCUT2D eigenvalue weighted by Gasteiger charge is -2.33. The molecule has 0 spiro atoms. The Labute approximate surface area is 143 Å². The van der Waals surface area contributed by atoms with E-state index in [1.54, 1.807) is 0 Å². The molecule has 1 heterocycles. The van der Waals surface area contributed by atoms with Crippen molar-refractivity contribution in [1.82, 2.24) is 9.80 Å². The number of carbonyl (C=O) groups excluding carboxylic acids is 1. The zero-order valence-electron chi connectivity index (χ0n) is 15.9. The molecule has 1 fully saturated rings. The van der Waals surface area contributed by atoms with E-state index < -0.39 is 0 Å². The first-order chi connectivity index (χ1) is 11.1. The van der Waals surface area contributed by atoms with Crippen LogP contribution in [0, 0.1) is 11.8 Å². The van der Waals surface area contributed by atoms with Gasteiger partial charge >= 0.3 is 0 Å². The van der Waals surface area contributed by atoms with E-state index in [2.05, 4.69) is 30.6 Å². The van der Waals surface area contributed by atoms with E-state index in [4.69, 9.17) is 4.74 Å². The molecule has 0 bridgehead atoms. The summed E-state index contributed by atoms with van der Waals surface area (Å²) in [6.45, 7) is 15.2. The van der Waals surface area contributed by atoms with Crippen LogP contribution in [0.1, 0.15) is 60.3 Å². The second-order valence-corrected chi connectivity index (χ2v) is 5.81. The first-order valence-corrected chi connectivity index (χ1v) is 9.15. The first kappa shape index (κ1) is 21.9. The molecule has 1 rings (SSSR count). The van der Waals surface area contributed by atoms with Crippen molar-refractivity contribution in [2.75, 3.05) is 39.3 Å². The Morgan fingerprint density at radius 1 is 1.09 bits per heavy atom. The Balaban J connectivity index is 0.00000232. The van der Waals surface area contributed by atoms with Crippen LogP contribution in [0.3, 0.4) is 0 Å². The number of carbonyl (C=O) groups is 1. The molecular formula is C19H36N2O2. The van der Waals surface area contributed by atoms with Crippen LogP contribution in [0.2, 0.25) is 0 Å². The number of hydrogen-bond acceptors (Lipinski definition) is 3. The SMILES string of the molecule is CC.CC#CCN1CCN(C(=O)CCCCCOC(C)C)CC1. The van der Waals surface area contributed by atoms with Crippen molar-refractivity contribution in [3.8, 4) is 11.8 Å². The molecule has 0 saturated carbocycles. The number of unbranched alkanes of at least 4 members (excludes halogenated alkanes) is 2. The van der Waals surface area contributed by atoms with Crippen LogP contribution in [0.4, 0.5) is 0 Å². The second-order valence-electron chi connectivity index (χ2n) is 5.81. The molecule has 23 heavy (non-hydrogen) atoms. The smallest absolute Gasteiger partial charge is 0.222 e. The summed E-state index contributed by atoms with van der Waals surface area (Å²) in [7, 11) is 0. The maximum atomic E-state index is 12.1. The highest BCUT2D eigenvalue weighted by molar-refractivity contribution is 5.76. The number of nitrogens with zero attached hydrogens (tertiary/aromatic N) is 2. The second kappa shape index (κ2) is 14.5. The molecule has 1 aliphatic heterocycles. The van der Waals surface area contributed by atoms with Gasteiger partial charge in [-0.15, -0.1) is 5.92 Å². The van der Waals surface area contributed by atoms with E-state index in [0.29, 0.717) is 18.4 Å². The predicted octanol–water partition coefficient (Wildman–Crippen LogP) is 3.17. The predicted molar refractivity (Wildman–Crippen MR) is 97.4 cm³/mol. The van der Waals surface area contributed by atoms with Gasteiger partial charge in [0.2, 0.25) is 5.91 Å². The van der Waals surface area contributed by atoms with Crippen molar-refractivity contribution in [1.29, 1.82) is 0 Å². The van der Waals surface area contributed by atoms with E-state index in [0.717, 1.165) is 58.6 Å². The molecule has 1 saturated heterocycles. The van der Waals surface area contributed by atoms with Gasteiger partial charge in [0.25, 0.3) is 0 Å². The van der Waals surface area contributed by atoms with Crippen molar-refractivity contribution >= 4 is 5.91 Å². The minimum atomic E-state index is 0.306. The number of ether oxygens (including phenoxy) is 1. The van der Waals surface area contributed by atoms with E-state index in [1.165, 1.54) is 0 Å². The third-order valence-corrected chi connectivity index (χ3v) is 3.69. The van der Waals surface area contributed by atoms with Gasteiger partial charge in [-0.2, -0.15) is 0 Å². The number of piperazine rings is 1. The molecule has 134 valence electrons. The molecule has 0 unspecified atom stereocenters. The van der Waals surface area contributed by atoms with Crippen molar-refractivity contribution in [3.05, 3.63) is 0 Å². The van der Waals surface area contributed by atoms with Crippen molar-refractivity contribution in [2.24, 2.45) is 0 Å². The highest BCUT2D eigenvalue weighted by Crippen LogP contribution is 2.07.